The van der Waals surface area contributed by atoms with Crippen molar-refractivity contribution in [2.45, 2.75) is 13.8 Å². The van der Waals surface area contributed by atoms with Crippen molar-refractivity contribution < 1.29 is 5.11 Å². The summed E-state index contributed by atoms with van der Waals surface area (Å²) in [6.45, 7) is 4.02. The fraction of sp³-hybridized carbons (Fsp3) is 0.143. The molecule has 0 radical (unpaired) electrons. The van der Waals surface area contributed by atoms with Crippen LogP contribution in [0.4, 0.5) is 0 Å². The van der Waals surface area contributed by atoms with E-state index in [2.05, 4.69) is 13.0 Å². The molecule has 0 aliphatic heterocycles. The van der Waals surface area contributed by atoms with Crippen LogP contribution in [0.1, 0.15) is 11.1 Å². The Morgan fingerprint density at radius 2 is 1.60 bits per heavy atom. The molecule has 2 aromatic rings. The lowest BCUT2D eigenvalue weighted by Gasteiger charge is -2.08. The van der Waals surface area contributed by atoms with Crippen LogP contribution in [0, 0.1) is 13.8 Å². The lowest BCUT2D eigenvalue weighted by atomic mass is 9.99. The summed E-state index contributed by atoms with van der Waals surface area (Å²) in [5, 5.41) is 9.87. The lowest BCUT2D eigenvalue weighted by molar-refractivity contribution is 0.477. The van der Waals surface area contributed by atoms with Crippen molar-refractivity contribution in [3.63, 3.8) is 0 Å². The van der Waals surface area contributed by atoms with Gasteiger partial charge in [0.1, 0.15) is 5.75 Å². The zero-order chi connectivity index (χ0) is 10.8. The van der Waals surface area contributed by atoms with Gasteiger partial charge in [-0.3, -0.25) is 0 Å². The van der Waals surface area contributed by atoms with Gasteiger partial charge in [-0.25, -0.2) is 0 Å². The van der Waals surface area contributed by atoms with Crippen LogP contribution in [0.5, 0.6) is 5.75 Å². The van der Waals surface area contributed by atoms with Gasteiger partial charge in [0, 0.05) is 5.56 Å². The molecule has 0 heterocycles. The quantitative estimate of drug-likeness (QED) is 0.741. The van der Waals surface area contributed by atoms with Crippen molar-refractivity contribution in [2.75, 3.05) is 0 Å². The SMILES string of the molecule is Cc1ccc(-c2ccccc2C)c(O)c1. The van der Waals surface area contributed by atoms with E-state index in [1.54, 1.807) is 6.07 Å². The zero-order valence-electron chi connectivity index (χ0n) is 8.99. The molecule has 0 spiro atoms. The summed E-state index contributed by atoms with van der Waals surface area (Å²) in [6.07, 6.45) is 0. The van der Waals surface area contributed by atoms with Gasteiger partial charge in [-0.1, -0.05) is 36.4 Å². The molecule has 0 aliphatic rings. The van der Waals surface area contributed by atoms with Crippen molar-refractivity contribution >= 4 is 0 Å². The maximum absolute atomic E-state index is 9.87. The van der Waals surface area contributed by atoms with E-state index in [0.717, 1.165) is 16.7 Å². The van der Waals surface area contributed by atoms with Gasteiger partial charge in [0.15, 0.2) is 0 Å². The number of phenols is 1. The van der Waals surface area contributed by atoms with Crippen LogP contribution in [0.3, 0.4) is 0 Å². The molecule has 0 aromatic heterocycles. The summed E-state index contributed by atoms with van der Waals surface area (Å²) in [5.74, 6) is 0.351. The first kappa shape index (κ1) is 9.78. The van der Waals surface area contributed by atoms with Gasteiger partial charge in [0.2, 0.25) is 0 Å². The fourth-order valence-electron chi connectivity index (χ4n) is 1.74. The minimum atomic E-state index is 0.351. The molecule has 0 unspecified atom stereocenters. The van der Waals surface area contributed by atoms with Crippen LogP contribution in [0.25, 0.3) is 11.1 Å². The van der Waals surface area contributed by atoms with Gasteiger partial charge in [0.25, 0.3) is 0 Å². The predicted octanol–water partition coefficient (Wildman–Crippen LogP) is 3.68. The lowest BCUT2D eigenvalue weighted by Crippen LogP contribution is -1.84. The monoisotopic (exact) mass is 198 g/mol. The molecule has 2 rings (SSSR count). The van der Waals surface area contributed by atoms with Crippen LogP contribution >= 0.6 is 0 Å². The van der Waals surface area contributed by atoms with Gasteiger partial charge in [-0.2, -0.15) is 0 Å². The Morgan fingerprint density at radius 3 is 2.27 bits per heavy atom. The van der Waals surface area contributed by atoms with Crippen molar-refractivity contribution in [1.29, 1.82) is 0 Å². The van der Waals surface area contributed by atoms with Crippen molar-refractivity contribution in [2.24, 2.45) is 0 Å². The summed E-state index contributed by atoms with van der Waals surface area (Å²) in [5.41, 5.74) is 4.25. The summed E-state index contributed by atoms with van der Waals surface area (Å²) >= 11 is 0. The van der Waals surface area contributed by atoms with Crippen LogP contribution < -0.4 is 0 Å². The van der Waals surface area contributed by atoms with Gasteiger partial charge >= 0.3 is 0 Å². The highest BCUT2D eigenvalue weighted by Gasteiger charge is 2.05. The van der Waals surface area contributed by atoms with Gasteiger partial charge < -0.3 is 5.11 Å². The van der Waals surface area contributed by atoms with Gasteiger partial charge in [0.05, 0.1) is 0 Å². The second-order valence-corrected chi connectivity index (χ2v) is 3.84. The van der Waals surface area contributed by atoms with E-state index in [4.69, 9.17) is 0 Å². The van der Waals surface area contributed by atoms with E-state index in [1.807, 2.05) is 37.3 Å². The largest absolute Gasteiger partial charge is 0.507 e. The Kier molecular flexibility index (Phi) is 2.46. The topological polar surface area (TPSA) is 20.2 Å². The van der Waals surface area contributed by atoms with E-state index >= 15 is 0 Å². The molecule has 1 N–H and O–H groups in total. The molecule has 0 saturated heterocycles. The Balaban J connectivity index is 2.60. The zero-order valence-corrected chi connectivity index (χ0v) is 8.99. The Hall–Kier alpha value is -1.76. The second-order valence-electron chi connectivity index (χ2n) is 3.84. The number of aryl methyl sites for hydroxylation is 2. The molecule has 1 heteroatoms. The Morgan fingerprint density at radius 1 is 0.867 bits per heavy atom. The van der Waals surface area contributed by atoms with E-state index < -0.39 is 0 Å². The van der Waals surface area contributed by atoms with E-state index in [0.29, 0.717) is 5.75 Å². The highest BCUT2D eigenvalue weighted by Crippen LogP contribution is 2.31. The summed E-state index contributed by atoms with van der Waals surface area (Å²) in [6, 6.07) is 13.8. The minimum Gasteiger partial charge on any atom is -0.507 e. The highest BCUT2D eigenvalue weighted by atomic mass is 16.3. The first-order valence-corrected chi connectivity index (χ1v) is 5.04. The van der Waals surface area contributed by atoms with E-state index in [1.165, 1.54) is 5.56 Å². The van der Waals surface area contributed by atoms with Crippen LogP contribution in [-0.4, -0.2) is 5.11 Å². The third-order valence-corrected chi connectivity index (χ3v) is 2.59. The second kappa shape index (κ2) is 3.77. The number of rotatable bonds is 1. The number of hydrogen-bond acceptors (Lipinski definition) is 1. The van der Waals surface area contributed by atoms with Gasteiger partial charge in [-0.05, 0) is 36.6 Å². The molecule has 0 atom stereocenters. The standard InChI is InChI=1S/C14H14O/c1-10-7-8-13(14(15)9-10)12-6-4-3-5-11(12)2/h3-9,15H,1-2H3. The molecule has 0 aliphatic carbocycles. The molecule has 0 amide bonds. The number of phenolic OH excluding ortho intramolecular Hbond substituents is 1. The van der Waals surface area contributed by atoms with Crippen LogP contribution in [0.15, 0.2) is 42.5 Å². The Labute approximate surface area is 90.0 Å². The molecule has 2 aromatic carbocycles. The molecule has 0 bridgehead atoms. The highest BCUT2D eigenvalue weighted by molar-refractivity contribution is 5.73. The van der Waals surface area contributed by atoms with Crippen molar-refractivity contribution in [3.8, 4) is 16.9 Å². The summed E-state index contributed by atoms with van der Waals surface area (Å²) < 4.78 is 0. The van der Waals surface area contributed by atoms with E-state index in [-0.39, 0.29) is 0 Å². The fourth-order valence-corrected chi connectivity index (χ4v) is 1.74. The van der Waals surface area contributed by atoms with Gasteiger partial charge in [-0.15, -0.1) is 0 Å². The molecule has 1 nitrogen and oxygen atoms in total. The first-order chi connectivity index (χ1) is 7.18. The number of hydrogen-bond donors (Lipinski definition) is 1. The van der Waals surface area contributed by atoms with Crippen LogP contribution in [0.2, 0.25) is 0 Å². The van der Waals surface area contributed by atoms with E-state index in [9.17, 15) is 5.11 Å². The molecular weight excluding hydrogens is 184 g/mol. The molecular formula is C14H14O. The predicted molar refractivity (Wildman–Crippen MR) is 63.0 cm³/mol. The Bertz CT molecular complexity index is 486. The summed E-state index contributed by atoms with van der Waals surface area (Å²) in [4.78, 5) is 0. The third kappa shape index (κ3) is 1.86. The summed E-state index contributed by atoms with van der Waals surface area (Å²) in [7, 11) is 0. The minimum absolute atomic E-state index is 0.351. The third-order valence-electron chi connectivity index (χ3n) is 2.59. The maximum Gasteiger partial charge on any atom is 0.123 e. The number of benzene rings is 2. The first-order valence-electron chi connectivity index (χ1n) is 5.04. The normalized spacial score (nSPS) is 10.3. The molecule has 15 heavy (non-hydrogen) atoms. The van der Waals surface area contributed by atoms with Crippen molar-refractivity contribution in [3.05, 3.63) is 53.6 Å². The molecule has 0 fully saturated rings. The van der Waals surface area contributed by atoms with Crippen LogP contribution in [-0.2, 0) is 0 Å². The number of aromatic hydroxyl groups is 1. The van der Waals surface area contributed by atoms with Crippen molar-refractivity contribution in [1.82, 2.24) is 0 Å². The maximum atomic E-state index is 9.87. The molecule has 76 valence electrons. The smallest absolute Gasteiger partial charge is 0.123 e. The average molecular weight is 198 g/mol. The average Bonchev–Trinajstić information content (AvgIpc) is 2.20. The molecule has 0 saturated carbocycles.